The van der Waals surface area contributed by atoms with E-state index in [-0.39, 0.29) is 22.5 Å². The first-order chi connectivity index (χ1) is 15.8. The minimum absolute atomic E-state index is 0.103. The first kappa shape index (κ1) is 23.7. The molecule has 1 amide bonds. The van der Waals surface area contributed by atoms with Crippen molar-refractivity contribution in [1.29, 1.82) is 0 Å². The number of rotatable bonds is 5. The summed E-state index contributed by atoms with van der Waals surface area (Å²) in [4.78, 5) is 15.0. The Morgan fingerprint density at radius 2 is 1.76 bits per heavy atom. The predicted octanol–water partition coefficient (Wildman–Crippen LogP) is 4.12. The number of carbonyl (C=O) groups is 1. The highest BCUT2D eigenvalue weighted by Crippen LogP contribution is 2.30. The van der Waals surface area contributed by atoms with Gasteiger partial charge in [0.2, 0.25) is 15.9 Å². The lowest BCUT2D eigenvalue weighted by atomic mass is 9.93. The molecular weight excluding hydrogens is 438 g/mol. The normalized spacial score (nSPS) is 19.4. The fraction of sp³-hybridized carbons (Fsp3) is 0.520. The molecule has 0 bridgehead atoms. The molecule has 2 saturated heterocycles. The van der Waals surface area contributed by atoms with Gasteiger partial charge in [-0.05, 0) is 57.1 Å². The van der Waals surface area contributed by atoms with Crippen LogP contribution in [-0.2, 0) is 14.8 Å². The molecule has 2 fully saturated rings. The van der Waals surface area contributed by atoms with Crippen LogP contribution < -0.4 is 0 Å². The van der Waals surface area contributed by atoms with E-state index >= 15 is 0 Å². The summed E-state index contributed by atoms with van der Waals surface area (Å²) in [6.45, 7) is 8.16. The Kier molecular flexibility index (Phi) is 7.05. The maximum Gasteiger partial charge on any atom is 0.248 e. The van der Waals surface area contributed by atoms with E-state index in [1.165, 1.54) is 4.31 Å². The van der Waals surface area contributed by atoms with Gasteiger partial charge in [0.15, 0.2) is 10.7 Å². The monoisotopic (exact) mass is 471 g/mol. The second-order valence-electron chi connectivity index (χ2n) is 9.39. The Morgan fingerprint density at radius 1 is 1.06 bits per heavy atom. The molecule has 8 heteroatoms. The first-order valence-corrected chi connectivity index (χ1v) is 13.2. The van der Waals surface area contributed by atoms with Gasteiger partial charge in [-0.15, -0.1) is 0 Å². The Balaban J connectivity index is 1.45. The lowest BCUT2D eigenvalue weighted by Gasteiger charge is -2.36. The van der Waals surface area contributed by atoms with E-state index in [2.05, 4.69) is 12.1 Å². The highest BCUT2D eigenvalue weighted by atomic mass is 32.2. The van der Waals surface area contributed by atoms with Crippen LogP contribution in [0.5, 0.6) is 0 Å². The highest BCUT2D eigenvalue weighted by Gasteiger charge is 2.37. The molecule has 33 heavy (non-hydrogen) atoms. The van der Waals surface area contributed by atoms with Gasteiger partial charge in [-0.1, -0.05) is 48.0 Å². The summed E-state index contributed by atoms with van der Waals surface area (Å²) in [6.07, 6.45) is 6.67. The number of carbonyl (C=O) groups excluding carboxylic acids is 1. The van der Waals surface area contributed by atoms with E-state index in [1.54, 1.807) is 13.0 Å². The van der Waals surface area contributed by atoms with Crippen molar-refractivity contribution < 1.29 is 17.7 Å². The maximum atomic E-state index is 13.5. The molecule has 0 aliphatic carbocycles. The molecular formula is C25H33N3O4S. The van der Waals surface area contributed by atoms with E-state index < -0.39 is 10.0 Å². The third-order valence-corrected chi connectivity index (χ3v) is 8.86. The lowest BCUT2D eigenvalue weighted by molar-refractivity contribution is -0.138. The third-order valence-electron chi connectivity index (χ3n) is 6.80. The standard InChI is InChI=1S/C25H33N3O4S/c1-18-9-13-27(14-10-18)25(29)22-11-15-28(16-12-22)33(30,31)24-20(3)26-32-23(24)8-7-21-6-4-5-19(2)17-21/h4-8,17-18,22H,9-16H2,1-3H3/b8-7+. The van der Waals surface area contributed by atoms with E-state index in [1.807, 2.05) is 42.2 Å². The topological polar surface area (TPSA) is 83.7 Å². The number of aryl methyl sites for hydroxylation is 2. The Labute approximate surface area is 196 Å². The zero-order chi connectivity index (χ0) is 23.6. The maximum absolute atomic E-state index is 13.5. The quantitative estimate of drug-likeness (QED) is 0.655. The Hall–Kier alpha value is -2.45. The van der Waals surface area contributed by atoms with Gasteiger partial charge in [0.05, 0.1) is 0 Å². The smallest absolute Gasteiger partial charge is 0.248 e. The number of nitrogens with zero attached hydrogens (tertiary/aromatic N) is 3. The van der Waals surface area contributed by atoms with Crippen molar-refractivity contribution in [1.82, 2.24) is 14.4 Å². The van der Waals surface area contributed by atoms with Crippen LogP contribution in [0, 0.1) is 25.7 Å². The van der Waals surface area contributed by atoms with Crippen LogP contribution >= 0.6 is 0 Å². The molecule has 3 heterocycles. The number of hydrogen-bond donors (Lipinski definition) is 0. The lowest BCUT2D eigenvalue weighted by Crippen LogP contribution is -2.46. The number of benzene rings is 1. The van der Waals surface area contributed by atoms with Crippen LogP contribution in [0.4, 0.5) is 0 Å². The van der Waals surface area contributed by atoms with Crippen LogP contribution in [0.2, 0.25) is 0 Å². The zero-order valence-corrected chi connectivity index (χ0v) is 20.5. The largest absolute Gasteiger partial charge is 0.355 e. The minimum atomic E-state index is -3.77. The van der Waals surface area contributed by atoms with Crippen LogP contribution in [0.15, 0.2) is 33.7 Å². The number of sulfonamides is 1. The van der Waals surface area contributed by atoms with Gasteiger partial charge in [0, 0.05) is 32.1 Å². The van der Waals surface area contributed by atoms with Gasteiger partial charge in [-0.2, -0.15) is 4.31 Å². The predicted molar refractivity (Wildman–Crippen MR) is 128 cm³/mol. The summed E-state index contributed by atoms with van der Waals surface area (Å²) in [6, 6.07) is 7.92. The van der Waals surface area contributed by atoms with Crippen molar-refractivity contribution in [3.63, 3.8) is 0 Å². The molecule has 1 aromatic heterocycles. The van der Waals surface area contributed by atoms with E-state index in [4.69, 9.17) is 4.52 Å². The van der Waals surface area contributed by atoms with Crippen molar-refractivity contribution in [2.75, 3.05) is 26.2 Å². The van der Waals surface area contributed by atoms with Gasteiger partial charge in [-0.25, -0.2) is 8.42 Å². The first-order valence-electron chi connectivity index (χ1n) is 11.8. The summed E-state index contributed by atoms with van der Waals surface area (Å²) < 4.78 is 33.8. The Bertz CT molecular complexity index is 1120. The molecule has 0 radical (unpaired) electrons. The molecule has 0 N–H and O–H groups in total. The molecule has 0 atom stereocenters. The van der Waals surface area contributed by atoms with Gasteiger partial charge in [0.1, 0.15) is 5.69 Å². The molecule has 0 saturated carbocycles. The van der Waals surface area contributed by atoms with Gasteiger partial charge < -0.3 is 9.42 Å². The summed E-state index contributed by atoms with van der Waals surface area (Å²) >= 11 is 0. The Morgan fingerprint density at radius 3 is 2.42 bits per heavy atom. The minimum Gasteiger partial charge on any atom is -0.355 e. The molecule has 2 aliphatic rings. The van der Waals surface area contributed by atoms with Gasteiger partial charge >= 0.3 is 0 Å². The molecule has 2 aromatic rings. The van der Waals surface area contributed by atoms with Crippen LogP contribution in [-0.4, -0.2) is 54.9 Å². The number of likely N-dealkylation sites (tertiary alicyclic amines) is 1. The molecule has 1 aromatic carbocycles. The van der Waals surface area contributed by atoms with Gasteiger partial charge in [-0.3, -0.25) is 4.79 Å². The van der Waals surface area contributed by atoms with Gasteiger partial charge in [0.25, 0.3) is 0 Å². The summed E-state index contributed by atoms with van der Waals surface area (Å²) in [5.74, 6) is 0.979. The molecule has 2 aliphatic heterocycles. The zero-order valence-electron chi connectivity index (χ0n) is 19.7. The number of hydrogen-bond acceptors (Lipinski definition) is 5. The fourth-order valence-electron chi connectivity index (χ4n) is 4.70. The van der Waals surface area contributed by atoms with Crippen molar-refractivity contribution in [3.05, 3.63) is 46.8 Å². The molecule has 7 nitrogen and oxygen atoms in total. The molecule has 4 rings (SSSR count). The number of aromatic nitrogens is 1. The second kappa shape index (κ2) is 9.81. The van der Waals surface area contributed by atoms with Crippen molar-refractivity contribution in [2.24, 2.45) is 11.8 Å². The van der Waals surface area contributed by atoms with E-state index in [0.29, 0.717) is 37.5 Å². The fourth-order valence-corrected chi connectivity index (χ4v) is 6.42. The average Bonchev–Trinajstić information content (AvgIpc) is 3.19. The van der Waals surface area contributed by atoms with Crippen LogP contribution in [0.25, 0.3) is 12.2 Å². The van der Waals surface area contributed by atoms with E-state index in [0.717, 1.165) is 37.1 Å². The third kappa shape index (κ3) is 5.22. The molecule has 0 spiro atoms. The van der Waals surface area contributed by atoms with E-state index in [9.17, 15) is 13.2 Å². The van der Waals surface area contributed by atoms with Crippen LogP contribution in [0.1, 0.15) is 55.2 Å². The van der Waals surface area contributed by atoms with Crippen molar-refractivity contribution in [2.45, 2.75) is 51.3 Å². The highest BCUT2D eigenvalue weighted by molar-refractivity contribution is 7.89. The molecule has 178 valence electrons. The molecule has 0 unspecified atom stereocenters. The average molecular weight is 472 g/mol. The number of piperidine rings is 2. The summed E-state index contributed by atoms with van der Waals surface area (Å²) in [5.41, 5.74) is 2.42. The second-order valence-corrected chi connectivity index (χ2v) is 11.3. The summed E-state index contributed by atoms with van der Waals surface area (Å²) in [5, 5.41) is 3.93. The van der Waals surface area contributed by atoms with Crippen molar-refractivity contribution in [3.8, 4) is 0 Å². The SMILES string of the molecule is Cc1cccc(/C=C/c2onc(C)c2S(=O)(=O)N2CCC(C(=O)N3CCC(C)CC3)CC2)c1. The number of amides is 1. The van der Waals surface area contributed by atoms with Crippen molar-refractivity contribution >= 4 is 28.1 Å². The summed E-state index contributed by atoms with van der Waals surface area (Å²) in [7, 11) is -3.77. The van der Waals surface area contributed by atoms with Crippen LogP contribution in [0.3, 0.4) is 0 Å².